The quantitative estimate of drug-likeness (QED) is 0.0953. The third-order valence-electron chi connectivity index (χ3n) is 13.3. The average Bonchev–Trinajstić information content (AvgIpc) is 3.91. The van der Waals surface area contributed by atoms with Crippen LogP contribution in [0.3, 0.4) is 0 Å². The minimum absolute atomic E-state index is 0.641. The SMILES string of the molecule is C/C(C#N)=C\C=C(/C)c1cc2c3ccccc3c(-c3ccc(C#N)cc3)cc2c2cc3c(cc12)-c1cccc2c(-c4ccc(-n5c(-c6ccccc6)nc6ccccc65)cc4)ccc-3c12. The highest BCUT2D eigenvalue weighted by atomic mass is 15.1. The highest BCUT2D eigenvalue weighted by Crippen LogP contribution is 2.52. The van der Waals surface area contributed by atoms with Crippen LogP contribution in [0, 0.1) is 22.7 Å². The number of rotatable bonds is 6. The van der Waals surface area contributed by atoms with E-state index in [0.717, 1.165) is 66.7 Å². The number of benzene rings is 10. The molecule has 4 nitrogen and oxygen atoms in total. The predicted molar refractivity (Wildman–Crippen MR) is 270 cm³/mol. The van der Waals surface area contributed by atoms with Gasteiger partial charge in [-0.25, -0.2) is 4.98 Å². The van der Waals surface area contributed by atoms with Gasteiger partial charge >= 0.3 is 0 Å². The maximum absolute atomic E-state index is 9.62. The zero-order valence-corrected chi connectivity index (χ0v) is 35.8. The minimum atomic E-state index is 0.641. The Balaban J connectivity index is 1.05. The molecule has 1 aliphatic rings. The molecule has 0 saturated heterocycles. The maximum Gasteiger partial charge on any atom is 0.145 e. The monoisotopic (exact) mass is 826 g/mol. The van der Waals surface area contributed by atoms with Crippen LogP contribution in [0.1, 0.15) is 25.0 Å². The molecule has 11 aromatic rings. The number of allylic oxidation sites excluding steroid dienone is 4. The summed E-state index contributed by atoms with van der Waals surface area (Å²) in [6, 6.07) is 69.6. The number of imidazole rings is 1. The Morgan fingerprint density at radius 2 is 1.09 bits per heavy atom. The Morgan fingerprint density at radius 3 is 1.88 bits per heavy atom. The molecule has 65 heavy (non-hydrogen) atoms. The van der Waals surface area contributed by atoms with Gasteiger partial charge in [0.05, 0.1) is 28.7 Å². The average molecular weight is 827 g/mol. The van der Waals surface area contributed by atoms with Gasteiger partial charge in [-0.05, 0) is 179 Å². The molecule has 4 heteroatoms. The van der Waals surface area contributed by atoms with Crippen LogP contribution < -0.4 is 0 Å². The van der Waals surface area contributed by atoms with E-state index in [2.05, 4.69) is 187 Å². The standard InChI is InChI=1S/C61H38N4/c1-37(35-62)19-20-38(2)50-31-52-46-14-7-6-13-45(46)51(41-23-21-39(36-63)22-24-41)32-56(52)57-34-54-49-30-29-44(47-15-10-16-48(60(47)49)53(54)33-55(50)57)40-25-27-43(28-26-40)65-59-18-9-8-17-58(59)64-61(65)42-11-4-3-5-12-42/h3-34H,1-2H3/b37-19+,38-20+. The Hall–Kier alpha value is -8.83. The van der Waals surface area contributed by atoms with Crippen LogP contribution in [0.2, 0.25) is 0 Å². The molecule has 0 amide bonds. The lowest BCUT2D eigenvalue weighted by Gasteiger charge is -2.18. The summed E-state index contributed by atoms with van der Waals surface area (Å²) in [5.41, 5.74) is 17.2. The number of nitriles is 2. The molecule has 1 aliphatic carbocycles. The molecule has 0 radical (unpaired) electrons. The summed E-state index contributed by atoms with van der Waals surface area (Å²) in [7, 11) is 0. The second kappa shape index (κ2) is 14.9. The number of hydrogen-bond acceptors (Lipinski definition) is 3. The number of fused-ring (bicyclic) bond motifs is 9. The topological polar surface area (TPSA) is 65.4 Å². The smallest absolute Gasteiger partial charge is 0.145 e. The first-order chi connectivity index (χ1) is 32.0. The third-order valence-corrected chi connectivity index (χ3v) is 13.3. The lowest BCUT2D eigenvalue weighted by Crippen LogP contribution is -1.97. The fraction of sp³-hybridized carbons (Fsp3) is 0.0328. The molecule has 1 heterocycles. The lowest BCUT2D eigenvalue weighted by molar-refractivity contribution is 1.10. The summed E-state index contributed by atoms with van der Waals surface area (Å²) in [5.74, 6) is 0.920. The normalized spacial score (nSPS) is 12.3. The van der Waals surface area contributed by atoms with Crippen molar-refractivity contribution in [2.75, 3.05) is 0 Å². The second-order valence-electron chi connectivity index (χ2n) is 17.0. The molecule has 0 spiro atoms. The first-order valence-electron chi connectivity index (χ1n) is 21.9. The van der Waals surface area contributed by atoms with Crippen molar-refractivity contribution in [3.05, 3.63) is 211 Å². The Morgan fingerprint density at radius 1 is 0.477 bits per heavy atom. The summed E-state index contributed by atoms with van der Waals surface area (Å²) < 4.78 is 2.26. The molecule has 0 aliphatic heterocycles. The van der Waals surface area contributed by atoms with Crippen LogP contribution in [0.4, 0.5) is 0 Å². The first-order valence-corrected chi connectivity index (χ1v) is 21.9. The van der Waals surface area contributed by atoms with Gasteiger partial charge in [-0.3, -0.25) is 4.57 Å². The van der Waals surface area contributed by atoms with Gasteiger partial charge in [0.15, 0.2) is 0 Å². The van der Waals surface area contributed by atoms with Gasteiger partial charge in [0.1, 0.15) is 5.82 Å². The van der Waals surface area contributed by atoms with E-state index in [9.17, 15) is 10.5 Å². The molecular weight excluding hydrogens is 789 g/mol. The molecule has 0 saturated carbocycles. The van der Waals surface area contributed by atoms with E-state index in [4.69, 9.17) is 4.98 Å². The van der Waals surface area contributed by atoms with Crippen molar-refractivity contribution in [2.24, 2.45) is 0 Å². The van der Waals surface area contributed by atoms with Crippen LogP contribution in [0.25, 0.3) is 121 Å². The van der Waals surface area contributed by atoms with Gasteiger partial charge in [-0.1, -0.05) is 127 Å². The molecule has 0 bridgehead atoms. The van der Waals surface area contributed by atoms with Crippen molar-refractivity contribution in [1.29, 1.82) is 10.5 Å². The maximum atomic E-state index is 9.62. The van der Waals surface area contributed by atoms with Crippen LogP contribution >= 0.6 is 0 Å². The Kier molecular flexibility index (Phi) is 8.70. The Bertz CT molecular complexity index is 3950. The molecule has 10 aromatic carbocycles. The van der Waals surface area contributed by atoms with E-state index in [1.165, 1.54) is 60.1 Å². The first kappa shape index (κ1) is 37.9. The van der Waals surface area contributed by atoms with Crippen molar-refractivity contribution in [2.45, 2.75) is 13.8 Å². The van der Waals surface area contributed by atoms with E-state index in [-0.39, 0.29) is 0 Å². The van der Waals surface area contributed by atoms with E-state index in [0.29, 0.717) is 11.1 Å². The van der Waals surface area contributed by atoms with Gasteiger partial charge < -0.3 is 0 Å². The van der Waals surface area contributed by atoms with Crippen molar-refractivity contribution in [3.63, 3.8) is 0 Å². The number of aromatic nitrogens is 2. The van der Waals surface area contributed by atoms with Gasteiger partial charge in [0, 0.05) is 16.8 Å². The zero-order chi connectivity index (χ0) is 43.8. The third kappa shape index (κ3) is 6.00. The molecule has 12 rings (SSSR count). The number of hydrogen-bond donors (Lipinski definition) is 0. The summed E-state index contributed by atoms with van der Waals surface area (Å²) in [5, 5.41) is 28.7. The summed E-state index contributed by atoms with van der Waals surface area (Å²) in [6.45, 7) is 3.99. The molecule has 0 unspecified atom stereocenters. The molecular formula is C61H38N4. The summed E-state index contributed by atoms with van der Waals surface area (Å²) in [4.78, 5) is 5.07. The van der Waals surface area contributed by atoms with E-state index in [1.54, 1.807) is 0 Å². The predicted octanol–water partition coefficient (Wildman–Crippen LogP) is 16.0. The van der Waals surface area contributed by atoms with Crippen molar-refractivity contribution < 1.29 is 0 Å². The molecule has 0 atom stereocenters. The van der Waals surface area contributed by atoms with Gasteiger partial charge in [-0.2, -0.15) is 10.5 Å². The molecule has 0 N–H and O–H groups in total. The lowest BCUT2D eigenvalue weighted by atomic mass is 9.86. The van der Waals surface area contributed by atoms with Gasteiger partial charge in [0.25, 0.3) is 0 Å². The number of nitrogens with zero attached hydrogens (tertiary/aromatic N) is 4. The summed E-state index contributed by atoms with van der Waals surface area (Å²) in [6.07, 6.45) is 3.99. The van der Waals surface area contributed by atoms with Gasteiger partial charge in [0.2, 0.25) is 0 Å². The van der Waals surface area contributed by atoms with Gasteiger partial charge in [-0.15, -0.1) is 0 Å². The van der Waals surface area contributed by atoms with Crippen LogP contribution in [-0.4, -0.2) is 9.55 Å². The Labute approximate surface area is 376 Å². The van der Waals surface area contributed by atoms with E-state index < -0.39 is 0 Å². The molecule has 1 aromatic heterocycles. The second-order valence-corrected chi connectivity index (χ2v) is 17.0. The van der Waals surface area contributed by atoms with Crippen LogP contribution in [-0.2, 0) is 0 Å². The van der Waals surface area contributed by atoms with Crippen LogP contribution in [0.5, 0.6) is 0 Å². The largest absolute Gasteiger partial charge is 0.292 e. The fourth-order valence-electron chi connectivity index (χ4n) is 10.1. The molecule has 302 valence electrons. The highest BCUT2D eigenvalue weighted by Gasteiger charge is 2.26. The zero-order valence-electron chi connectivity index (χ0n) is 35.8. The molecule has 0 fully saturated rings. The van der Waals surface area contributed by atoms with Crippen molar-refractivity contribution >= 4 is 59.7 Å². The van der Waals surface area contributed by atoms with E-state index >= 15 is 0 Å². The minimum Gasteiger partial charge on any atom is -0.292 e. The van der Waals surface area contributed by atoms with Crippen molar-refractivity contribution in [3.8, 4) is 73.7 Å². The van der Waals surface area contributed by atoms with Crippen molar-refractivity contribution in [1.82, 2.24) is 9.55 Å². The number of para-hydroxylation sites is 2. The summed E-state index contributed by atoms with van der Waals surface area (Å²) >= 11 is 0. The highest BCUT2D eigenvalue weighted by molar-refractivity contribution is 6.26. The van der Waals surface area contributed by atoms with Crippen LogP contribution in [0.15, 0.2) is 200 Å². The fourth-order valence-corrected chi connectivity index (χ4v) is 10.1. The van der Waals surface area contributed by atoms with E-state index in [1.807, 2.05) is 37.3 Å².